The second-order valence-electron chi connectivity index (χ2n) is 31.8. The molecule has 3 aromatic heterocycles. The van der Waals surface area contributed by atoms with Gasteiger partial charge in [0.25, 0.3) is 5.91 Å². The Morgan fingerprint density at radius 1 is 0.651 bits per heavy atom. The number of fused-ring (bicyclic) bond motifs is 1. The van der Waals surface area contributed by atoms with E-state index in [1.54, 1.807) is 62.5 Å². The highest BCUT2D eigenvalue weighted by atomic mass is 32.1. The van der Waals surface area contributed by atoms with E-state index in [1.165, 1.54) is 29.8 Å². The van der Waals surface area contributed by atoms with Crippen molar-refractivity contribution in [1.29, 1.82) is 0 Å². The lowest BCUT2D eigenvalue weighted by Crippen LogP contribution is -2.58. The Kier molecular flexibility index (Phi) is 44.0. The van der Waals surface area contributed by atoms with E-state index >= 15 is 0 Å². The van der Waals surface area contributed by atoms with Crippen molar-refractivity contribution in [1.82, 2.24) is 82.8 Å². The summed E-state index contributed by atoms with van der Waals surface area (Å²) in [6.45, 7) is 20.4. The number of phenols is 1. The molecule has 7 rings (SSSR count). The zero-order valence-corrected chi connectivity index (χ0v) is 74.8. The van der Waals surface area contributed by atoms with Gasteiger partial charge in [0.05, 0.1) is 52.0 Å². The minimum absolute atomic E-state index is 0.0101. The zero-order valence-electron chi connectivity index (χ0n) is 74.0. The van der Waals surface area contributed by atoms with E-state index in [-0.39, 0.29) is 189 Å². The predicted octanol–water partition coefficient (Wildman–Crippen LogP) is 7.41. The Bertz CT molecular complexity index is 4410. The van der Waals surface area contributed by atoms with Crippen LogP contribution in [0.25, 0.3) is 11.2 Å². The van der Waals surface area contributed by atoms with Crippen LogP contribution in [0.4, 0.5) is 26.0 Å². The number of thiazole rings is 1. The maximum absolute atomic E-state index is 14.9. The summed E-state index contributed by atoms with van der Waals surface area (Å²) in [6.07, 6.45) is 5.45. The molecule has 0 aliphatic carbocycles. The van der Waals surface area contributed by atoms with Crippen LogP contribution in [0.2, 0.25) is 0 Å². The van der Waals surface area contributed by atoms with Gasteiger partial charge in [-0.05, 0) is 136 Å². The number of benzene rings is 3. The molecule has 1 saturated heterocycles. The van der Waals surface area contributed by atoms with Gasteiger partial charge in [0.2, 0.25) is 53.2 Å². The number of carbonyl (C=O) groups is 11. The number of hydrogen-bond donors (Lipinski definition) is 14. The number of imidazole rings is 1. The van der Waals surface area contributed by atoms with Crippen molar-refractivity contribution in [2.24, 2.45) is 29.4 Å². The topological polar surface area (TPSA) is 519 Å². The highest BCUT2D eigenvalue weighted by Crippen LogP contribution is 2.33. The van der Waals surface area contributed by atoms with Crippen LogP contribution < -0.4 is 69.6 Å². The molecule has 0 saturated carbocycles. The number of urea groups is 1. The Morgan fingerprint density at radius 2 is 1.33 bits per heavy atom. The number of hydrogen-bond acceptors (Lipinski definition) is 26. The molecule has 39 heteroatoms. The number of hydrazine groups is 1. The van der Waals surface area contributed by atoms with E-state index < -0.39 is 89.9 Å². The minimum Gasteiger partial charge on any atom is -0.508 e. The predicted molar refractivity (Wildman–Crippen MR) is 471 cm³/mol. The summed E-state index contributed by atoms with van der Waals surface area (Å²) in [6, 6.07) is 15.5. The first-order valence-electron chi connectivity index (χ1n) is 43.3. The molecule has 0 radical (unpaired) electrons. The van der Waals surface area contributed by atoms with E-state index in [4.69, 9.17) is 49.6 Å². The SMILES string of the molecule is CCCO[C@H](C[C@H](C(C)C)N(CCC)C(=O)[C@@H](NC(=O)[C@H]1CCCCN1C)[C@@H](C)CC)c1nc(C(=O)N[C@@H](Cc2ccc(O)cc2)C[C@H](C)C(=O)NNC(=O)OCCOCCOCCOCCNC(=O)OCc2ccc(NC(=O)[C@H](CCCNC(N)=O)NC(=O)[C@@H](NC(=O)CCCC(=O)NCc3ccc(COc4nc(N)nc5[nH]cnc45)cc3)C(C)C)cc2)cs1. The summed E-state index contributed by atoms with van der Waals surface area (Å²) in [5.74, 6) is -4.14. The van der Waals surface area contributed by atoms with Crippen LogP contribution in [-0.2, 0) is 88.2 Å². The molecule has 0 spiro atoms. The first kappa shape index (κ1) is 102. The number of alkyl carbamates (subject to hydrolysis) is 1. The summed E-state index contributed by atoms with van der Waals surface area (Å²) in [5, 5.41) is 34.7. The number of aromatic nitrogens is 5. The Labute approximate surface area is 739 Å². The van der Waals surface area contributed by atoms with Gasteiger partial charge in [-0.2, -0.15) is 9.97 Å². The van der Waals surface area contributed by atoms with Crippen molar-refractivity contribution in [3.63, 3.8) is 0 Å². The number of rotatable bonds is 55. The average Bonchev–Trinajstić information content (AvgIpc) is 1.47. The molecular formula is C87H129N19O19S. The highest BCUT2D eigenvalue weighted by Gasteiger charge is 2.39. The van der Waals surface area contributed by atoms with E-state index in [0.717, 1.165) is 42.5 Å². The lowest BCUT2D eigenvalue weighted by Gasteiger charge is -2.40. The number of aromatic hydroxyl groups is 1. The van der Waals surface area contributed by atoms with E-state index in [0.29, 0.717) is 66.3 Å². The maximum Gasteiger partial charge on any atom is 0.426 e. The van der Waals surface area contributed by atoms with Gasteiger partial charge in [-0.3, -0.25) is 48.7 Å². The van der Waals surface area contributed by atoms with Gasteiger partial charge in [-0.15, -0.1) is 11.3 Å². The number of H-pyrrole nitrogens is 1. The monoisotopic (exact) mass is 1780 g/mol. The number of nitrogens with zero attached hydrogens (tertiary/aromatic N) is 6. The number of aromatic amines is 1. The molecule has 0 unspecified atom stereocenters. The molecule has 3 aromatic carbocycles. The molecule has 692 valence electrons. The van der Waals surface area contributed by atoms with E-state index in [1.807, 2.05) is 63.9 Å². The minimum atomic E-state index is -1.11. The van der Waals surface area contributed by atoms with Crippen molar-refractivity contribution in [2.75, 3.05) is 97.1 Å². The normalized spacial score (nSPS) is 14.7. The number of nitrogens with one attached hydrogen (secondary N) is 11. The second kappa shape index (κ2) is 54.5. The highest BCUT2D eigenvalue weighted by molar-refractivity contribution is 7.09. The second-order valence-corrected chi connectivity index (χ2v) is 32.7. The van der Waals surface area contributed by atoms with E-state index in [2.05, 4.69) is 92.1 Å². The van der Waals surface area contributed by atoms with Gasteiger partial charge < -0.3 is 102 Å². The maximum atomic E-state index is 14.9. The smallest absolute Gasteiger partial charge is 0.426 e. The van der Waals surface area contributed by atoms with Crippen LogP contribution in [0.5, 0.6) is 11.6 Å². The number of carbonyl (C=O) groups excluding carboxylic acids is 11. The van der Waals surface area contributed by atoms with Crippen LogP contribution in [-0.4, -0.2) is 228 Å². The Hall–Kier alpha value is -11.4. The quantitative estimate of drug-likeness (QED) is 0.0130. The van der Waals surface area contributed by atoms with E-state index in [9.17, 15) is 57.8 Å². The number of amides is 12. The third kappa shape index (κ3) is 35.6. The largest absolute Gasteiger partial charge is 0.508 e. The van der Waals surface area contributed by atoms with Crippen LogP contribution in [0, 0.1) is 23.7 Å². The zero-order chi connectivity index (χ0) is 91.5. The van der Waals surface area contributed by atoms with Gasteiger partial charge >= 0.3 is 18.2 Å². The van der Waals surface area contributed by atoms with Gasteiger partial charge in [-0.1, -0.05) is 124 Å². The lowest BCUT2D eigenvalue weighted by atomic mass is 9.92. The number of likely N-dealkylation sites (tertiary alicyclic amines) is 1. The van der Waals surface area contributed by atoms with Gasteiger partial charge in [-0.25, -0.2) is 29.8 Å². The fourth-order valence-corrected chi connectivity index (χ4v) is 14.7. The molecule has 9 atom stereocenters. The fraction of sp³-hybridized carbons (Fsp3) is 0.575. The standard InChI is InChI=1S/C87H129N19O19S/c1-11-36-106(83(115)73(56(8)13-3)100-79(113)67-19-14-15-37-105(67)10)68(54(4)5)48-69(122-38-12-2)82-98-66(52-126-82)78(112)96-63(47-58-28-32-64(107)33-29-58)46-57(9)76(110)103-104-87(118)123-45-44-121-43-42-120-41-40-119-39-35-91-86(117)125-51-61-26-30-62(31-27-61)95-77(111)65(18-17-34-90-85(89)116)97-80(114)72(55(6)7)99-71(109)21-16-20-70(108)92-49-59-22-24-60(25-23-59)50-124-81-74-75(94-53-93-74)101-84(88)102-81/h22-33,52-57,63,65,67-69,72-73,107H,11-21,34-51H2,1-10H3,(H,91,117)(H,92,108)(H,95,111)(H,96,112)(H,97,114)(H,99,109)(H,100,113)(H,103,110)(H,104,118)(H3,89,90,116)(H3,88,93,94,101,102)/t56-,57-,63+,65-,67+,68+,69+,72-,73-/m0/s1. The molecule has 12 amide bonds. The number of piperidine rings is 1. The number of anilines is 2. The fourth-order valence-electron chi connectivity index (χ4n) is 13.8. The van der Waals surface area contributed by atoms with Crippen LogP contribution in [0.1, 0.15) is 190 Å². The van der Waals surface area contributed by atoms with Crippen LogP contribution in [0.15, 0.2) is 84.5 Å². The molecule has 126 heavy (non-hydrogen) atoms. The first-order valence-corrected chi connectivity index (χ1v) is 44.2. The van der Waals surface area contributed by atoms with Crippen molar-refractivity contribution >= 4 is 99.6 Å². The number of nitrogen functional groups attached to an aromatic ring is 1. The lowest BCUT2D eigenvalue weighted by molar-refractivity contribution is -0.143. The third-order valence-electron chi connectivity index (χ3n) is 21.0. The molecule has 0 bridgehead atoms. The Morgan fingerprint density at radius 3 is 2.00 bits per heavy atom. The van der Waals surface area contributed by atoms with Crippen LogP contribution >= 0.6 is 11.3 Å². The number of nitrogens with two attached hydrogens (primary N) is 2. The van der Waals surface area contributed by atoms with Crippen molar-refractivity contribution < 1.29 is 91.0 Å². The van der Waals surface area contributed by atoms with Crippen molar-refractivity contribution in [3.8, 4) is 11.6 Å². The molecule has 6 aromatic rings. The van der Waals surface area contributed by atoms with Gasteiger partial charge in [0.15, 0.2) is 11.2 Å². The third-order valence-corrected chi connectivity index (χ3v) is 22.0. The molecule has 1 fully saturated rings. The molecular weight excluding hydrogens is 1650 g/mol. The summed E-state index contributed by atoms with van der Waals surface area (Å²) in [4.78, 5) is 170. The molecule has 1 aliphatic rings. The molecule has 4 heterocycles. The van der Waals surface area contributed by atoms with Crippen molar-refractivity contribution in [3.05, 3.63) is 117 Å². The number of primary amides is 1. The number of ether oxygens (including phenoxy) is 7. The molecule has 38 nitrogen and oxygen atoms in total. The number of phenolic OH excluding ortho intramolecular Hbond substituents is 1. The van der Waals surface area contributed by atoms with Gasteiger partial charge in [0, 0.05) is 81.1 Å². The van der Waals surface area contributed by atoms with Crippen LogP contribution in [0.3, 0.4) is 0 Å². The first-order chi connectivity index (χ1) is 60.5. The Balaban J connectivity index is 0.743. The summed E-state index contributed by atoms with van der Waals surface area (Å²) in [7, 11) is 1.96. The van der Waals surface area contributed by atoms with Crippen molar-refractivity contribution in [2.45, 2.75) is 214 Å². The summed E-state index contributed by atoms with van der Waals surface area (Å²) >= 11 is 1.28. The summed E-state index contributed by atoms with van der Waals surface area (Å²) in [5.41, 5.74) is 20.2. The number of likely N-dealkylation sites (N-methyl/N-ethyl adjacent to an activating group) is 1. The van der Waals surface area contributed by atoms with Gasteiger partial charge in [0.1, 0.15) is 60.5 Å². The molecule has 1 aliphatic heterocycles. The average molecular weight is 1780 g/mol. The summed E-state index contributed by atoms with van der Waals surface area (Å²) < 4.78 is 39.5. The molecule has 16 N–H and O–H groups in total.